The van der Waals surface area contributed by atoms with Crippen LogP contribution in [0.5, 0.6) is 11.5 Å². The Kier molecular flexibility index (Phi) is 4.95. The van der Waals surface area contributed by atoms with Crippen LogP contribution in [0.1, 0.15) is 19.4 Å². The average Bonchev–Trinajstić information content (AvgIpc) is 2.77. The number of nitrogens with zero attached hydrogens (tertiary/aromatic N) is 1. The summed E-state index contributed by atoms with van der Waals surface area (Å²) in [4.78, 5) is 37.2. The van der Waals surface area contributed by atoms with Gasteiger partial charge in [-0.2, -0.15) is 0 Å². The molecule has 1 aliphatic rings. The van der Waals surface area contributed by atoms with Gasteiger partial charge in [-0.3, -0.25) is 19.3 Å². The van der Waals surface area contributed by atoms with Crippen molar-refractivity contribution in [1.29, 1.82) is 0 Å². The first-order valence-electron chi connectivity index (χ1n) is 6.92. The van der Waals surface area contributed by atoms with E-state index in [0.717, 1.165) is 16.7 Å². The molecule has 1 aliphatic heterocycles. The van der Waals surface area contributed by atoms with Crippen LogP contribution in [0.15, 0.2) is 23.1 Å². The topological polar surface area (TPSA) is 107 Å². The van der Waals surface area contributed by atoms with E-state index in [1.54, 1.807) is 6.92 Å². The van der Waals surface area contributed by atoms with Gasteiger partial charge in [0.05, 0.1) is 4.91 Å². The number of hydrogen-bond acceptors (Lipinski definition) is 6. The van der Waals surface area contributed by atoms with Gasteiger partial charge in [-0.25, -0.2) is 0 Å². The molecule has 1 aromatic carbocycles. The number of thioether (sulfide) groups is 1. The van der Waals surface area contributed by atoms with E-state index in [9.17, 15) is 24.6 Å². The van der Waals surface area contributed by atoms with Crippen molar-refractivity contribution in [2.24, 2.45) is 0 Å². The number of amides is 3. The maximum absolute atomic E-state index is 12.3. The predicted molar refractivity (Wildman–Crippen MR) is 85.7 cm³/mol. The number of phenols is 2. The number of carbonyl (C=O) groups excluding carboxylic acids is 3. The van der Waals surface area contributed by atoms with Gasteiger partial charge in [-0.05, 0) is 49.4 Å². The highest BCUT2D eigenvalue weighted by Crippen LogP contribution is 2.34. The molecule has 1 saturated heterocycles. The first kappa shape index (κ1) is 16.9. The SMILES string of the molecule is CCNC(=O)C(C)N1C(=O)S/C(=C\c2ccc(O)c(O)c2)C1=O. The molecule has 1 fully saturated rings. The molecule has 3 amide bonds. The lowest BCUT2D eigenvalue weighted by molar-refractivity contribution is -0.132. The number of benzene rings is 1. The first-order chi connectivity index (χ1) is 10.8. The molecule has 0 saturated carbocycles. The normalized spacial score (nSPS) is 17.7. The van der Waals surface area contributed by atoms with E-state index in [1.807, 2.05) is 0 Å². The zero-order valence-corrected chi connectivity index (χ0v) is 13.4. The molecule has 1 aromatic rings. The Morgan fingerprint density at radius 1 is 1.35 bits per heavy atom. The summed E-state index contributed by atoms with van der Waals surface area (Å²) in [6.45, 7) is 3.63. The molecule has 1 unspecified atom stereocenters. The summed E-state index contributed by atoms with van der Waals surface area (Å²) in [7, 11) is 0. The molecule has 0 aromatic heterocycles. The Bertz CT molecular complexity index is 701. The molecule has 122 valence electrons. The van der Waals surface area contributed by atoms with Gasteiger partial charge in [-0.1, -0.05) is 6.07 Å². The van der Waals surface area contributed by atoms with Crippen LogP contribution < -0.4 is 5.32 Å². The molecular weight excluding hydrogens is 320 g/mol. The maximum Gasteiger partial charge on any atom is 0.294 e. The summed E-state index contributed by atoms with van der Waals surface area (Å²) < 4.78 is 0. The molecule has 23 heavy (non-hydrogen) atoms. The third kappa shape index (κ3) is 3.48. The number of imide groups is 1. The van der Waals surface area contributed by atoms with E-state index >= 15 is 0 Å². The van der Waals surface area contributed by atoms with E-state index in [2.05, 4.69) is 5.32 Å². The van der Waals surface area contributed by atoms with Crippen LogP contribution in [0.25, 0.3) is 6.08 Å². The Morgan fingerprint density at radius 2 is 2.04 bits per heavy atom. The Hall–Kier alpha value is -2.48. The van der Waals surface area contributed by atoms with Crippen molar-refractivity contribution in [2.75, 3.05) is 6.54 Å². The minimum Gasteiger partial charge on any atom is -0.504 e. The number of phenolic OH excluding ortho intramolecular Hbond substituents is 2. The number of rotatable bonds is 4. The van der Waals surface area contributed by atoms with E-state index in [0.29, 0.717) is 12.1 Å². The second-order valence-electron chi connectivity index (χ2n) is 4.87. The second-order valence-corrected chi connectivity index (χ2v) is 5.86. The third-order valence-corrected chi connectivity index (χ3v) is 4.12. The highest BCUT2D eigenvalue weighted by atomic mass is 32.2. The number of aromatic hydroxyl groups is 2. The molecule has 0 aliphatic carbocycles. The van der Waals surface area contributed by atoms with E-state index in [4.69, 9.17) is 0 Å². The van der Waals surface area contributed by atoms with Crippen molar-refractivity contribution >= 4 is 34.9 Å². The molecular formula is C15H16N2O5S. The van der Waals surface area contributed by atoms with Crippen molar-refractivity contribution in [2.45, 2.75) is 19.9 Å². The molecule has 3 N–H and O–H groups in total. The standard InChI is InChI=1S/C15H16N2O5S/c1-3-16-13(20)8(2)17-14(21)12(23-15(17)22)7-9-4-5-10(18)11(19)6-9/h4-8,18-19H,3H2,1-2H3,(H,16,20)/b12-7-. The van der Waals surface area contributed by atoms with Crippen LogP contribution in [-0.2, 0) is 9.59 Å². The number of carbonyl (C=O) groups is 3. The summed E-state index contributed by atoms with van der Waals surface area (Å²) in [5, 5.41) is 20.8. The van der Waals surface area contributed by atoms with Crippen LogP contribution in [0.2, 0.25) is 0 Å². The van der Waals surface area contributed by atoms with Crippen molar-refractivity contribution < 1.29 is 24.6 Å². The molecule has 0 bridgehead atoms. The van der Waals surface area contributed by atoms with E-state index < -0.39 is 23.1 Å². The monoisotopic (exact) mass is 336 g/mol. The third-order valence-electron chi connectivity index (χ3n) is 3.24. The molecule has 2 rings (SSSR count). The van der Waals surface area contributed by atoms with Crippen molar-refractivity contribution in [3.8, 4) is 11.5 Å². The molecule has 8 heteroatoms. The lowest BCUT2D eigenvalue weighted by Crippen LogP contribution is -2.47. The smallest absolute Gasteiger partial charge is 0.294 e. The van der Waals surface area contributed by atoms with Gasteiger partial charge in [0.25, 0.3) is 11.1 Å². The predicted octanol–water partition coefficient (Wildman–Crippen LogP) is 1.66. The highest BCUT2D eigenvalue weighted by molar-refractivity contribution is 8.18. The highest BCUT2D eigenvalue weighted by Gasteiger charge is 2.40. The molecule has 0 radical (unpaired) electrons. The van der Waals surface area contributed by atoms with Gasteiger partial charge in [-0.15, -0.1) is 0 Å². The van der Waals surface area contributed by atoms with Gasteiger partial charge < -0.3 is 15.5 Å². The van der Waals surface area contributed by atoms with E-state index in [-0.39, 0.29) is 16.4 Å². The molecule has 7 nitrogen and oxygen atoms in total. The Morgan fingerprint density at radius 3 is 2.65 bits per heavy atom. The minimum absolute atomic E-state index is 0.149. The van der Waals surface area contributed by atoms with Crippen LogP contribution in [0.4, 0.5) is 4.79 Å². The van der Waals surface area contributed by atoms with Crippen LogP contribution in [0.3, 0.4) is 0 Å². The van der Waals surface area contributed by atoms with Crippen molar-refractivity contribution in [1.82, 2.24) is 10.2 Å². The molecule has 1 atom stereocenters. The zero-order chi connectivity index (χ0) is 17.1. The summed E-state index contributed by atoms with van der Waals surface area (Å²) in [6, 6.07) is 3.15. The average molecular weight is 336 g/mol. The van der Waals surface area contributed by atoms with Gasteiger partial charge in [0, 0.05) is 6.54 Å². The van der Waals surface area contributed by atoms with Crippen molar-refractivity contribution in [3.05, 3.63) is 28.7 Å². The van der Waals surface area contributed by atoms with Crippen LogP contribution in [0, 0.1) is 0 Å². The Balaban J connectivity index is 2.25. The van der Waals surface area contributed by atoms with Gasteiger partial charge >= 0.3 is 0 Å². The summed E-state index contributed by atoms with van der Waals surface area (Å²) in [5.41, 5.74) is 0.455. The number of hydrogen-bond donors (Lipinski definition) is 3. The minimum atomic E-state index is -0.901. The lowest BCUT2D eigenvalue weighted by atomic mass is 10.2. The second kappa shape index (κ2) is 6.74. The van der Waals surface area contributed by atoms with Gasteiger partial charge in [0.15, 0.2) is 11.5 Å². The quantitative estimate of drug-likeness (QED) is 0.570. The largest absolute Gasteiger partial charge is 0.504 e. The summed E-state index contributed by atoms with van der Waals surface area (Å²) in [5.74, 6) is -1.57. The fraction of sp³-hybridized carbons (Fsp3) is 0.267. The molecule has 0 spiro atoms. The fourth-order valence-electron chi connectivity index (χ4n) is 2.03. The maximum atomic E-state index is 12.3. The zero-order valence-electron chi connectivity index (χ0n) is 12.6. The van der Waals surface area contributed by atoms with E-state index in [1.165, 1.54) is 31.2 Å². The lowest BCUT2D eigenvalue weighted by Gasteiger charge is -2.20. The van der Waals surface area contributed by atoms with Gasteiger partial charge in [0.1, 0.15) is 6.04 Å². The fourth-order valence-corrected chi connectivity index (χ4v) is 2.94. The van der Waals surface area contributed by atoms with Crippen molar-refractivity contribution in [3.63, 3.8) is 0 Å². The first-order valence-corrected chi connectivity index (χ1v) is 7.73. The number of nitrogens with one attached hydrogen (secondary N) is 1. The Labute approximate surface area is 137 Å². The van der Waals surface area contributed by atoms with Crippen LogP contribution in [-0.4, -0.2) is 44.8 Å². The number of likely N-dealkylation sites (N-methyl/N-ethyl adjacent to an activating group) is 1. The summed E-state index contributed by atoms with van der Waals surface area (Å²) >= 11 is 0.725. The summed E-state index contributed by atoms with van der Waals surface area (Å²) in [6.07, 6.45) is 1.43. The molecule has 1 heterocycles. The van der Waals surface area contributed by atoms with Gasteiger partial charge in [0.2, 0.25) is 5.91 Å². The van der Waals surface area contributed by atoms with Crippen LogP contribution >= 0.6 is 11.8 Å².